The lowest BCUT2D eigenvalue weighted by Crippen LogP contribution is -2.16. The second-order valence-corrected chi connectivity index (χ2v) is 5.09. The molecule has 0 saturated carbocycles. The molecule has 0 aromatic heterocycles. The fourth-order valence-electron chi connectivity index (χ4n) is 1.81. The molecule has 2 heteroatoms. The first-order valence-corrected chi connectivity index (χ1v) is 7.34. The summed E-state index contributed by atoms with van der Waals surface area (Å²) in [5, 5.41) is 3.44. The van der Waals surface area contributed by atoms with Crippen LogP contribution in [0.25, 0.3) is 0 Å². The number of hydrogen-bond donors (Lipinski definition) is 1. The summed E-state index contributed by atoms with van der Waals surface area (Å²) in [4.78, 5) is 1.39. The molecule has 1 rings (SSSR count). The standard InChI is InChI=1S/C14H23NS/c1-4-7-15-8-5-6-13-9-12(2)10-14(11-13)16-3/h9-11,15H,4-8H2,1-3H3. The van der Waals surface area contributed by atoms with Crippen molar-refractivity contribution >= 4 is 11.8 Å². The zero-order valence-corrected chi connectivity index (χ0v) is 11.5. The van der Waals surface area contributed by atoms with E-state index < -0.39 is 0 Å². The number of rotatable bonds is 7. The molecule has 0 amide bonds. The van der Waals surface area contributed by atoms with Crippen LogP contribution in [0.4, 0.5) is 0 Å². The molecular weight excluding hydrogens is 214 g/mol. The molecule has 0 bridgehead atoms. The molecule has 1 nitrogen and oxygen atoms in total. The van der Waals surface area contributed by atoms with Gasteiger partial charge in [0.25, 0.3) is 0 Å². The van der Waals surface area contributed by atoms with Gasteiger partial charge in [-0.15, -0.1) is 11.8 Å². The van der Waals surface area contributed by atoms with Gasteiger partial charge in [0.1, 0.15) is 0 Å². The monoisotopic (exact) mass is 237 g/mol. The highest BCUT2D eigenvalue weighted by molar-refractivity contribution is 7.98. The van der Waals surface area contributed by atoms with Gasteiger partial charge in [-0.05, 0) is 68.8 Å². The topological polar surface area (TPSA) is 12.0 Å². The average Bonchev–Trinajstić information content (AvgIpc) is 2.28. The fourth-order valence-corrected chi connectivity index (χ4v) is 2.38. The Morgan fingerprint density at radius 2 is 2.00 bits per heavy atom. The summed E-state index contributed by atoms with van der Waals surface area (Å²) in [5.74, 6) is 0. The van der Waals surface area contributed by atoms with E-state index in [2.05, 4.69) is 43.6 Å². The lowest BCUT2D eigenvalue weighted by Gasteiger charge is -2.06. The van der Waals surface area contributed by atoms with E-state index >= 15 is 0 Å². The SMILES string of the molecule is CCCNCCCc1cc(C)cc(SC)c1. The maximum Gasteiger partial charge on any atom is 0.00745 e. The molecule has 1 N–H and O–H groups in total. The Morgan fingerprint density at radius 3 is 2.69 bits per heavy atom. The lowest BCUT2D eigenvalue weighted by molar-refractivity contribution is 0.639. The summed E-state index contributed by atoms with van der Waals surface area (Å²) in [7, 11) is 0. The predicted octanol–water partition coefficient (Wildman–Crippen LogP) is 3.65. The molecular formula is C14H23NS. The highest BCUT2D eigenvalue weighted by Gasteiger charge is 1.98. The van der Waals surface area contributed by atoms with Gasteiger partial charge < -0.3 is 5.32 Å². The summed E-state index contributed by atoms with van der Waals surface area (Å²) >= 11 is 1.83. The Kier molecular flexibility index (Phi) is 6.58. The first kappa shape index (κ1) is 13.6. The van der Waals surface area contributed by atoms with Gasteiger partial charge in [-0.25, -0.2) is 0 Å². The van der Waals surface area contributed by atoms with Gasteiger partial charge in [-0.2, -0.15) is 0 Å². The van der Waals surface area contributed by atoms with E-state index in [0.717, 1.165) is 13.1 Å². The van der Waals surface area contributed by atoms with Gasteiger partial charge in [-0.1, -0.05) is 13.0 Å². The van der Waals surface area contributed by atoms with E-state index in [1.165, 1.54) is 35.3 Å². The third-order valence-electron chi connectivity index (χ3n) is 2.59. The maximum atomic E-state index is 3.44. The Bertz CT molecular complexity index is 310. The van der Waals surface area contributed by atoms with Crippen molar-refractivity contribution in [3.05, 3.63) is 29.3 Å². The van der Waals surface area contributed by atoms with Gasteiger partial charge in [-0.3, -0.25) is 0 Å². The number of aryl methyl sites for hydroxylation is 2. The zero-order valence-electron chi connectivity index (χ0n) is 10.7. The fraction of sp³-hybridized carbons (Fsp3) is 0.571. The third-order valence-corrected chi connectivity index (χ3v) is 3.30. The van der Waals surface area contributed by atoms with Gasteiger partial charge in [0.15, 0.2) is 0 Å². The quantitative estimate of drug-likeness (QED) is 0.574. The second-order valence-electron chi connectivity index (χ2n) is 4.21. The normalized spacial score (nSPS) is 10.7. The largest absolute Gasteiger partial charge is 0.317 e. The average molecular weight is 237 g/mol. The highest BCUT2D eigenvalue weighted by Crippen LogP contribution is 2.19. The minimum Gasteiger partial charge on any atom is -0.317 e. The van der Waals surface area contributed by atoms with Crippen LogP contribution >= 0.6 is 11.8 Å². The number of benzene rings is 1. The van der Waals surface area contributed by atoms with Crippen LogP contribution in [-0.2, 0) is 6.42 Å². The summed E-state index contributed by atoms with van der Waals surface area (Å²) < 4.78 is 0. The number of hydrogen-bond acceptors (Lipinski definition) is 2. The van der Waals surface area contributed by atoms with Crippen LogP contribution in [-0.4, -0.2) is 19.3 Å². The lowest BCUT2D eigenvalue weighted by atomic mass is 10.1. The Morgan fingerprint density at radius 1 is 1.19 bits per heavy atom. The number of thioether (sulfide) groups is 1. The molecule has 0 radical (unpaired) electrons. The van der Waals surface area contributed by atoms with Gasteiger partial charge >= 0.3 is 0 Å². The second kappa shape index (κ2) is 7.75. The maximum absolute atomic E-state index is 3.44. The van der Waals surface area contributed by atoms with Crippen molar-refractivity contribution in [2.24, 2.45) is 0 Å². The van der Waals surface area contributed by atoms with Gasteiger partial charge in [0.05, 0.1) is 0 Å². The summed E-state index contributed by atoms with van der Waals surface area (Å²) in [5.41, 5.74) is 2.85. The van der Waals surface area contributed by atoms with Crippen molar-refractivity contribution in [2.45, 2.75) is 38.0 Å². The molecule has 0 saturated heterocycles. The van der Waals surface area contributed by atoms with Crippen LogP contribution in [0.5, 0.6) is 0 Å². The number of nitrogens with one attached hydrogen (secondary N) is 1. The first-order chi connectivity index (χ1) is 7.76. The molecule has 0 spiro atoms. The van der Waals surface area contributed by atoms with Crippen molar-refractivity contribution in [1.82, 2.24) is 5.32 Å². The van der Waals surface area contributed by atoms with Crippen LogP contribution in [0.1, 0.15) is 30.9 Å². The van der Waals surface area contributed by atoms with Crippen molar-refractivity contribution in [1.29, 1.82) is 0 Å². The van der Waals surface area contributed by atoms with E-state index in [1.807, 2.05) is 11.8 Å². The molecule has 1 aromatic carbocycles. The van der Waals surface area contributed by atoms with E-state index in [1.54, 1.807) is 0 Å². The molecule has 0 unspecified atom stereocenters. The molecule has 0 atom stereocenters. The van der Waals surface area contributed by atoms with Gasteiger partial charge in [0, 0.05) is 4.90 Å². The van der Waals surface area contributed by atoms with Crippen molar-refractivity contribution in [2.75, 3.05) is 19.3 Å². The molecule has 0 aliphatic carbocycles. The highest BCUT2D eigenvalue weighted by atomic mass is 32.2. The molecule has 1 aromatic rings. The predicted molar refractivity (Wildman–Crippen MR) is 74.4 cm³/mol. The molecule has 16 heavy (non-hydrogen) atoms. The molecule has 90 valence electrons. The summed E-state index contributed by atoms with van der Waals surface area (Å²) in [6.07, 6.45) is 5.78. The van der Waals surface area contributed by atoms with Crippen LogP contribution in [0.15, 0.2) is 23.1 Å². The van der Waals surface area contributed by atoms with Crippen LogP contribution in [0.2, 0.25) is 0 Å². The van der Waals surface area contributed by atoms with Crippen molar-refractivity contribution in [3.8, 4) is 0 Å². The smallest absolute Gasteiger partial charge is 0.00745 e. The van der Waals surface area contributed by atoms with Crippen LogP contribution in [0.3, 0.4) is 0 Å². The third kappa shape index (κ3) is 5.04. The Hall–Kier alpha value is -0.470. The van der Waals surface area contributed by atoms with Crippen LogP contribution < -0.4 is 5.32 Å². The molecule has 0 fully saturated rings. The van der Waals surface area contributed by atoms with E-state index in [9.17, 15) is 0 Å². The molecule has 0 aliphatic rings. The molecule has 0 aliphatic heterocycles. The minimum atomic E-state index is 1.14. The zero-order chi connectivity index (χ0) is 11.8. The van der Waals surface area contributed by atoms with E-state index in [0.29, 0.717) is 0 Å². The Labute approximate surface area is 104 Å². The summed E-state index contributed by atoms with van der Waals surface area (Å²) in [6.45, 7) is 6.66. The molecule has 0 heterocycles. The summed E-state index contributed by atoms with van der Waals surface area (Å²) in [6, 6.07) is 6.88. The van der Waals surface area contributed by atoms with E-state index in [4.69, 9.17) is 0 Å². The van der Waals surface area contributed by atoms with Crippen molar-refractivity contribution in [3.63, 3.8) is 0 Å². The minimum absolute atomic E-state index is 1.14. The Balaban J connectivity index is 2.38. The first-order valence-electron chi connectivity index (χ1n) is 6.11. The van der Waals surface area contributed by atoms with Crippen molar-refractivity contribution < 1.29 is 0 Å². The van der Waals surface area contributed by atoms with E-state index in [-0.39, 0.29) is 0 Å². The van der Waals surface area contributed by atoms with Crippen LogP contribution in [0, 0.1) is 6.92 Å². The van der Waals surface area contributed by atoms with Gasteiger partial charge in [0.2, 0.25) is 0 Å².